The summed E-state index contributed by atoms with van der Waals surface area (Å²) in [7, 11) is 0. The molecule has 0 amide bonds. The van der Waals surface area contributed by atoms with Crippen LogP contribution in [0.2, 0.25) is 0 Å². The second-order valence-electron chi connectivity index (χ2n) is 13.3. The lowest BCUT2D eigenvalue weighted by Crippen LogP contribution is -2.55. The van der Waals surface area contributed by atoms with Gasteiger partial charge in [0.05, 0.1) is 17.8 Å². The fourth-order valence-corrected chi connectivity index (χ4v) is 7.37. The first kappa shape index (κ1) is 34.7. The summed E-state index contributed by atoms with van der Waals surface area (Å²) < 4.78 is 79.3. The first-order chi connectivity index (χ1) is 19.2. The van der Waals surface area contributed by atoms with Gasteiger partial charge in [0.2, 0.25) is 0 Å². The minimum Gasteiger partial charge on any atom is -0.393 e. The van der Waals surface area contributed by atoms with E-state index in [9.17, 15) is 46.8 Å². The Balaban J connectivity index is 1.89. The highest BCUT2D eigenvalue weighted by atomic mass is 19.4. The van der Waals surface area contributed by atoms with Crippen LogP contribution in [0.3, 0.4) is 0 Å². The quantitative estimate of drug-likeness (QED) is 0.187. The van der Waals surface area contributed by atoms with E-state index in [2.05, 4.69) is 19.4 Å². The SMILES string of the molecule is C=C1/C(=C/C=C2\CCC[C@]3(C)[C@@H]([C@H](CC#CC(O)(C(F)(F)F)C(F)(F)F)CCCC(C)(C)O)CC[C@@H]23)C[C@@H](O)C[C@@H]1O. The van der Waals surface area contributed by atoms with Gasteiger partial charge >= 0.3 is 18.0 Å². The Labute approximate surface area is 244 Å². The Morgan fingerprint density at radius 3 is 2.29 bits per heavy atom. The maximum atomic E-state index is 13.2. The summed E-state index contributed by atoms with van der Waals surface area (Å²) in [5, 5.41) is 40.0. The summed E-state index contributed by atoms with van der Waals surface area (Å²) in [6.45, 7) is 9.40. The van der Waals surface area contributed by atoms with Crippen molar-refractivity contribution >= 4 is 0 Å². The van der Waals surface area contributed by atoms with Gasteiger partial charge < -0.3 is 20.4 Å². The van der Waals surface area contributed by atoms with E-state index in [1.807, 2.05) is 12.2 Å². The molecule has 0 spiro atoms. The van der Waals surface area contributed by atoms with Gasteiger partial charge in [0.15, 0.2) is 0 Å². The van der Waals surface area contributed by atoms with Crippen molar-refractivity contribution in [1.29, 1.82) is 0 Å². The van der Waals surface area contributed by atoms with Crippen molar-refractivity contribution in [3.63, 3.8) is 0 Å². The number of aliphatic hydroxyl groups is 4. The Kier molecular flexibility index (Phi) is 10.5. The minimum atomic E-state index is -5.99. The molecule has 0 aromatic carbocycles. The van der Waals surface area contributed by atoms with E-state index < -0.39 is 35.8 Å². The van der Waals surface area contributed by atoms with Gasteiger partial charge in [0.1, 0.15) is 0 Å². The molecule has 0 bridgehead atoms. The molecule has 0 aromatic heterocycles. The summed E-state index contributed by atoms with van der Waals surface area (Å²) in [6, 6.07) is 0. The van der Waals surface area contributed by atoms with Crippen LogP contribution in [0.5, 0.6) is 0 Å². The van der Waals surface area contributed by atoms with Gasteiger partial charge in [-0.15, -0.1) is 0 Å². The molecule has 4 N–H and O–H groups in total. The van der Waals surface area contributed by atoms with Crippen molar-refractivity contribution in [3.05, 3.63) is 35.5 Å². The molecule has 3 aliphatic carbocycles. The molecule has 42 heavy (non-hydrogen) atoms. The fourth-order valence-electron chi connectivity index (χ4n) is 7.37. The van der Waals surface area contributed by atoms with Gasteiger partial charge in [0.25, 0.3) is 0 Å². The molecule has 3 rings (SSSR count). The van der Waals surface area contributed by atoms with Crippen LogP contribution >= 0.6 is 0 Å². The summed E-state index contributed by atoms with van der Waals surface area (Å²) >= 11 is 0. The van der Waals surface area contributed by atoms with Crippen LogP contribution in [0.4, 0.5) is 26.3 Å². The summed E-state index contributed by atoms with van der Waals surface area (Å²) in [5.41, 5.74) is -3.75. The number of rotatable bonds is 7. The first-order valence-electron chi connectivity index (χ1n) is 14.7. The Morgan fingerprint density at radius 1 is 1.05 bits per heavy atom. The lowest BCUT2D eigenvalue weighted by atomic mass is 9.60. The van der Waals surface area contributed by atoms with Crippen molar-refractivity contribution in [3.8, 4) is 11.8 Å². The van der Waals surface area contributed by atoms with Crippen LogP contribution < -0.4 is 0 Å². The van der Waals surface area contributed by atoms with E-state index in [1.165, 1.54) is 5.57 Å². The molecule has 3 saturated carbocycles. The third-order valence-electron chi connectivity index (χ3n) is 9.69. The zero-order valence-electron chi connectivity index (χ0n) is 24.6. The standard InChI is InChI=1S/C32H44F6O4/c1-20-23(18-24(39)19-27(20)40)12-11-22-9-6-16-29(4)25(13-14-26(22)29)21(8-5-15-28(2,3)41)10-7-17-30(42,31(33,34)35)32(36,37)38/h11-12,21,24-27,39-42H,1,5-6,8-10,13-16,18-19H2,2-4H3/b22-11+,23-12+/t21-,24+,25+,26-,27-,29+/m0/s1. The van der Waals surface area contributed by atoms with Crippen LogP contribution in [-0.4, -0.2) is 56.2 Å². The Bertz CT molecular complexity index is 1090. The van der Waals surface area contributed by atoms with Gasteiger partial charge in [0, 0.05) is 12.8 Å². The second-order valence-corrected chi connectivity index (χ2v) is 13.3. The van der Waals surface area contributed by atoms with Gasteiger partial charge in [-0.2, -0.15) is 26.3 Å². The Morgan fingerprint density at radius 2 is 1.69 bits per heavy atom. The first-order valence-corrected chi connectivity index (χ1v) is 14.7. The Hall–Kier alpha value is -1.80. The number of alkyl halides is 6. The number of hydrogen-bond acceptors (Lipinski definition) is 4. The number of halogens is 6. The average molecular weight is 607 g/mol. The monoisotopic (exact) mass is 606 g/mol. The summed E-state index contributed by atoms with van der Waals surface area (Å²) in [5.74, 6) is 3.04. The molecule has 0 unspecified atom stereocenters. The lowest BCUT2D eigenvalue weighted by Gasteiger charge is -2.45. The van der Waals surface area contributed by atoms with E-state index in [-0.39, 0.29) is 36.0 Å². The zero-order valence-corrected chi connectivity index (χ0v) is 24.6. The molecule has 3 aliphatic rings. The fraction of sp³-hybridized carbons (Fsp3) is 0.750. The van der Waals surface area contributed by atoms with Crippen molar-refractivity contribution in [2.45, 2.75) is 127 Å². The van der Waals surface area contributed by atoms with E-state index in [1.54, 1.807) is 13.8 Å². The normalized spacial score (nSPS) is 32.1. The topological polar surface area (TPSA) is 80.9 Å². The predicted molar refractivity (Wildman–Crippen MR) is 148 cm³/mol. The summed E-state index contributed by atoms with van der Waals surface area (Å²) in [4.78, 5) is 0. The molecule has 6 atom stereocenters. The van der Waals surface area contributed by atoms with Gasteiger partial charge in [-0.05, 0) is 105 Å². The van der Waals surface area contributed by atoms with Gasteiger partial charge in [-0.25, -0.2) is 0 Å². The third-order valence-corrected chi connectivity index (χ3v) is 9.69. The van der Waals surface area contributed by atoms with Crippen molar-refractivity contribution in [2.75, 3.05) is 0 Å². The highest BCUT2D eigenvalue weighted by molar-refractivity contribution is 5.38. The van der Waals surface area contributed by atoms with Crippen LogP contribution in [0, 0.1) is 35.0 Å². The smallest absolute Gasteiger partial charge is 0.393 e. The number of hydrogen-bond donors (Lipinski definition) is 4. The van der Waals surface area contributed by atoms with Crippen LogP contribution in [-0.2, 0) is 0 Å². The molecule has 3 fully saturated rings. The van der Waals surface area contributed by atoms with Crippen LogP contribution in [0.25, 0.3) is 0 Å². The van der Waals surface area contributed by atoms with E-state index in [0.717, 1.165) is 43.6 Å². The molecule has 4 nitrogen and oxygen atoms in total. The van der Waals surface area contributed by atoms with E-state index in [0.29, 0.717) is 31.3 Å². The number of fused-ring (bicyclic) bond motifs is 1. The molecule has 0 heterocycles. The molecule has 0 aromatic rings. The highest BCUT2D eigenvalue weighted by Gasteiger charge is 2.70. The molecular weight excluding hydrogens is 562 g/mol. The molecular formula is C32H44F6O4. The average Bonchev–Trinajstić information content (AvgIpc) is 3.19. The van der Waals surface area contributed by atoms with Gasteiger partial charge in [-0.1, -0.05) is 43.6 Å². The molecule has 0 saturated heterocycles. The largest absolute Gasteiger partial charge is 0.438 e. The zero-order chi connectivity index (χ0) is 31.7. The van der Waals surface area contributed by atoms with Crippen molar-refractivity contribution < 1.29 is 46.8 Å². The van der Waals surface area contributed by atoms with Crippen LogP contribution in [0.1, 0.15) is 91.4 Å². The third kappa shape index (κ3) is 7.64. The van der Waals surface area contributed by atoms with Crippen molar-refractivity contribution in [2.24, 2.45) is 23.2 Å². The molecule has 238 valence electrons. The number of aliphatic hydroxyl groups excluding tert-OH is 2. The predicted octanol–water partition coefficient (Wildman–Crippen LogP) is 6.93. The van der Waals surface area contributed by atoms with E-state index in [4.69, 9.17) is 0 Å². The maximum Gasteiger partial charge on any atom is 0.438 e. The van der Waals surface area contributed by atoms with E-state index >= 15 is 0 Å². The summed E-state index contributed by atoms with van der Waals surface area (Å²) in [6.07, 6.45) is -3.56. The van der Waals surface area contributed by atoms with Gasteiger partial charge in [-0.3, -0.25) is 0 Å². The lowest BCUT2D eigenvalue weighted by molar-refractivity contribution is -0.343. The maximum absolute atomic E-state index is 13.2. The highest BCUT2D eigenvalue weighted by Crippen LogP contribution is 2.60. The van der Waals surface area contributed by atoms with Crippen molar-refractivity contribution in [1.82, 2.24) is 0 Å². The van der Waals surface area contributed by atoms with Crippen LogP contribution in [0.15, 0.2) is 35.5 Å². The second kappa shape index (κ2) is 12.7. The molecule has 0 radical (unpaired) electrons. The molecule has 10 heteroatoms. The molecule has 0 aliphatic heterocycles. The number of allylic oxidation sites excluding steroid dienone is 3. The minimum absolute atomic E-state index is 0.0203.